The Morgan fingerprint density at radius 1 is 0.333 bits per heavy atom. The van der Waals surface area contributed by atoms with Crippen LogP contribution in [-0.4, -0.2) is 124 Å². The van der Waals surface area contributed by atoms with Gasteiger partial charge in [0.05, 0.1) is 88.8 Å². The Kier molecular flexibility index (Phi) is 16.8. The van der Waals surface area contributed by atoms with Crippen molar-refractivity contribution in [1.29, 1.82) is 0 Å². The third-order valence-electron chi connectivity index (χ3n) is 12.0. The van der Waals surface area contributed by atoms with E-state index in [4.69, 9.17) is 47.9 Å². The number of nitrogens with zero attached hydrogens (tertiary/aromatic N) is 2. The first-order chi connectivity index (χ1) is 35.4. The second kappa shape index (κ2) is 24.5. The van der Waals surface area contributed by atoms with Gasteiger partial charge in [0.2, 0.25) is 0 Å². The summed E-state index contributed by atoms with van der Waals surface area (Å²) in [7, 11) is 3.29. The van der Waals surface area contributed by atoms with Crippen LogP contribution in [0.15, 0.2) is 121 Å². The Bertz CT molecular complexity index is 2920. The van der Waals surface area contributed by atoms with Gasteiger partial charge in [-0.15, -0.1) is 0 Å². The summed E-state index contributed by atoms with van der Waals surface area (Å²) < 4.78 is 44.6. The predicted octanol–water partition coefficient (Wildman–Crippen LogP) is 10.9. The Morgan fingerprint density at radius 2 is 0.597 bits per heavy atom. The molecule has 0 amide bonds. The van der Waals surface area contributed by atoms with Crippen LogP contribution in [0.1, 0.15) is 22.8 Å². The van der Waals surface area contributed by atoms with Crippen molar-refractivity contribution in [3.8, 4) is 67.5 Å². The topological polar surface area (TPSA) is 172 Å². The summed E-state index contributed by atoms with van der Waals surface area (Å²) in [6.07, 6.45) is 8.14. The summed E-state index contributed by atoms with van der Waals surface area (Å²) in [5, 5.41) is 20.7. The van der Waals surface area contributed by atoms with Crippen molar-refractivity contribution in [3.05, 3.63) is 144 Å². The predicted molar refractivity (Wildman–Crippen MR) is 282 cm³/mol. The van der Waals surface area contributed by atoms with Crippen LogP contribution in [0, 0.1) is 0 Å². The minimum Gasteiger partial charge on any atom is -0.508 e. The van der Waals surface area contributed by atoms with Crippen molar-refractivity contribution < 1.29 is 48.1 Å². The van der Waals surface area contributed by atoms with E-state index in [1.807, 2.05) is 109 Å². The molecule has 0 fully saturated rings. The highest BCUT2D eigenvalue weighted by Gasteiger charge is 2.19. The van der Waals surface area contributed by atoms with Gasteiger partial charge in [-0.3, -0.25) is 0 Å². The third-order valence-corrected chi connectivity index (χ3v) is 12.0. The Labute approximate surface area is 418 Å². The van der Waals surface area contributed by atoms with Crippen LogP contribution in [0.25, 0.3) is 90.9 Å². The van der Waals surface area contributed by atoms with Gasteiger partial charge in [-0.25, -0.2) is 9.97 Å². The summed E-state index contributed by atoms with van der Waals surface area (Å²) in [6.45, 7) is 5.69. The fourth-order valence-electron chi connectivity index (χ4n) is 8.48. The molecule has 3 aromatic heterocycles. The molecule has 0 radical (unpaired) electrons. The second-order valence-electron chi connectivity index (χ2n) is 16.8. The first-order valence-corrected chi connectivity index (χ1v) is 24.0. The molecule has 72 heavy (non-hydrogen) atoms. The highest BCUT2D eigenvalue weighted by atomic mass is 16.6. The zero-order valence-corrected chi connectivity index (χ0v) is 40.4. The quantitative estimate of drug-likeness (QED) is 0.0423. The van der Waals surface area contributed by atoms with Crippen molar-refractivity contribution >= 4 is 46.4 Å². The summed E-state index contributed by atoms with van der Waals surface area (Å²) in [5.41, 5.74) is 13.3. The number of methoxy groups -OCH3 is 2. The highest BCUT2D eigenvalue weighted by molar-refractivity contribution is 6.00. The molecule has 14 heteroatoms. The number of H-pyrrole nitrogens is 2. The average molecular weight is 971 g/mol. The Morgan fingerprint density at radius 3 is 0.889 bits per heavy atom. The lowest BCUT2D eigenvalue weighted by Gasteiger charge is -2.10. The molecule has 370 valence electrons. The molecular formula is C58H58N4O10. The van der Waals surface area contributed by atoms with Gasteiger partial charge >= 0.3 is 0 Å². The monoisotopic (exact) mass is 970 g/mol. The van der Waals surface area contributed by atoms with Crippen LogP contribution >= 0.6 is 0 Å². The molecule has 2 aliphatic heterocycles. The number of aromatic amines is 2. The summed E-state index contributed by atoms with van der Waals surface area (Å²) in [6, 6.07) is 38.6. The number of rotatable bonds is 24. The first kappa shape index (κ1) is 49.4. The summed E-state index contributed by atoms with van der Waals surface area (Å²) in [4.78, 5) is 18.3. The van der Waals surface area contributed by atoms with Crippen LogP contribution in [0.4, 0.5) is 0 Å². The number of benzene rings is 4. The number of fused-ring (bicyclic) bond motifs is 8. The van der Waals surface area contributed by atoms with Crippen molar-refractivity contribution in [2.75, 3.05) is 93.5 Å². The largest absolute Gasteiger partial charge is 0.508 e. The van der Waals surface area contributed by atoms with E-state index < -0.39 is 0 Å². The van der Waals surface area contributed by atoms with E-state index in [9.17, 15) is 10.2 Å². The number of hydrogen-bond donors (Lipinski definition) is 4. The van der Waals surface area contributed by atoms with Gasteiger partial charge in [0.15, 0.2) is 0 Å². The van der Waals surface area contributed by atoms with E-state index in [1.165, 1.54) is 0 Å². The maximum absolute atomic E-state index is 10.4. The molecule has 0 saturated heterocycles. The number of aromatic hydroxyl groups is 2. The van der Waals surface area contributed by atoms with Crippen molar-refractivity contribution in [2.24, 2.45) is 0 Å². The van der Waals surface area contributed by atoms with Gasteiger partial charge in [0.1, 0.15) is 36.2 Å². The van der Waals surface area contributed by atoms with E-state index in [1.54, 1.807) is 38.5 Å². The molecule has 8 bridgehead atoms. The minimum atomic E-state index is 0.163. The lowest BCUT2D eigenvalue weighted by molar-refractivity contribution is 0.0180. The lowest BCUT2D eigenvalue weighted by atomic mass is 10.0. The normalized spacial score (nSPS) is 11.9. The molecule has 9 rings (SSSR count). The second-order valence-corrected chi connectivity index (χ2v) is 16.8. The van der Waals surface area contributed by atoms with Crippen LogP contribution in [-0.2, 0) is 28.4 Å². The molecule has 0 spiro atoms. The van der Waals surface area contributed by atoms with E-state index in [0.29, 0.717) is 90.8 Å². The van der Waals surface area contributed by atoms with Crippen LogP contribution in [0.3, 0.4) is 0 Å². The van der Waals surface area contributed by atoms with Gasteiger partial charge in [0, 0.05) is 58.5 Å². The third kappa shape index (κ3) is 12.3. The minimum absolute atomic E-state index is 0.163. The molecule has 0 aliphatic carbocycles. The molecule has 0 atom stereocenters. The SMILES string of the molecule is COCCOCCOCCOc1ccc(-c2c3nc(c(-c4ccc(O)cc4)c4ccc([nH]4)c(-c4ccc(O)cc4)c4nc(c(-c5ccc(OCCOCCOCCOC)cc5)c5ccc2[nH]5)C=C4)C=C3)cc1. The van der Waals surface area contributed by atoms with Crippen molar-refractivity contribution in [3.63, 3.8) is 0 Å². The molecule has 4 N–H and O–H groups in total. The number of hydrogen-bond acceptors (Lipinski definition) is 12. The zero-order valence-electron chi connectivity index (χ0n) is 40.4. The van der Waals surface area contributed by atoms with E-state index in [-0.39, 0.29) is 11.5 Å². The Balaban J connectivity index is 1.15. The summed E-state index contributed by atoms with van der Waals surface area (Å²) in [5.74, 6) is 1.75. The fraction of sp³-hybridized carbons (Fsp3) is 0.241. The van der Waals surface area contributed by atoms with Crippen LogP contribution in [0.2, 0.25) is 0 Å². The molecule has 7 aromatic rings. The van der Waals surface area contributed by atoms with Crippen LogP contribution < -0.4 is 9.47 Å². The highest BCUT2D eigenvalue weighted by Crippen LogP contribution is 2.39. The molecule has 4 aromatic carbocycles. The van der Waals surface area contributed by atoms with E-state index in [2.05, 4.69) is 22.1 Å². The summed E-state index contributed by atoms with van der Waals surface area (Å²) >= 11 is 0. The molecule has 0 unspecified atom stereocenters. The lowest BCUT2D eigenvalue weighted by Crippen LogP contribution is -2.12. The molecule has 0 saturated carbocycles. The smallest absolute Gasteiger partial charge is 0.119 e. The maximum atomic E-state index is 10.4. The number of phenolic OH excluding ortho intramolecular Hbond substituents is 2. The fourth-order valence-corrected chi connectivity index (χ4v) is 8.48. The van der Waals surface area contributed by atoms with Gasteiger partial charge in [-0.1, -0.05) is 48.5 Å². The first-order valence-electron chi connectivity index (χ1n) is 24.0. The van der Waals surface area contributed by atoms with E-state index in [0.717, 1.165) is 89.4 Å². The maximum Gasteiger partial charge on any atom is 0.119 e. The van der Waals surface area contributed by atoms with Gasteiger partial charge in [-0.05, 0) is 119 Å². The van der Waals surface area contributed by atoms with Gasteiger partial charge in [-0.2, -0.15) is 0 Å². The van der Waals surface area contributed by atoms with Crippen LogP contribution in [0.5, 0.6) is 23.0 Å². The number of phenols is 2. The number of ether oxygens (including phenoxy) is 8. The molecule has 2 aliphatic rings. The number of nitrogens with one attached hydrogen (secondary N) is 2. The zero-order chi connectivity index (χ0) is 49.5. The average Bonchev–Trinajstić information content (AvgIpc) is 4.26. The standard InChI is InChI=1S/C58H58N4O10/c1-65-27-29-67-31-33-69-35-37-71-45-15-7-41(8-16-45)57-51-23-21-49(60-51)55(39-3-11-43(63)12-4-39)47-19-20-48(59-47)56(40-5-13-44(64)14-6-40)50-22-24-52(61-50)58(54-26-25-53(57)62-54)42-9-17-46(18-10-42)72-38-36-70-34-32-68-30-28-66-2/h3-26,59,62-64H,27-38H2,1-2H3. The number of aromatic nitrogens is 4. The van der Waals surface area contributed by atoms with Crippen molar-refractivity contribution in [2.45, 2.75) is 0 Å². The van der Waals surface area contributed by atoms with E-state index >= 15 is 0 Å². The van der Waals surface area contributed by atoms with Crippen molar-refractivity contribution in [1.82, 2.24) is 19.9 Å². The molecule has 14 nitrogen and oxygen atoms in total. The van der Waals surface area contributed by atoms with Gasteiger partial charge < -0.3 is 58.1 Å². The molecule has 5 heterocycles. The molecular weight excluding hydrogens is 913 g/mol. The van der Waals surface area contributed by atoms with Gasteiger partial charge in [0.25, 0.3) is 0 Å². The Hall–Kier alpha value is -7.56.